The molecule has 0 radical (unpaired) electrons. The molecule has 1 amide bonds. The van der Waals surface area contributed by atoms with Crippen molar-refractivity contribution >= 4 is 28.3 Å². The number of hydrogen-bond donors (Lipinski definition) is 1. The first-order valence-corrected chi connectivity index (χ1v) is 8.22. The number of nitrogens with one attached hydrogen (secondary N) is 1. The zero-order valence-electron chi connectivity index (χ0n) is 13.2. The van der Waals surface area contributed by atoms with Gasteiger partial charge < -0.3 is 10.1 Å². The van der Waals surface area contributed by atoms with Gasteiger partial charge in [-0.1, -0.05) is 66.2 Å². The van der Waals surface area contributed by atoms with Gasteiger partial charge in [0.1, 0.15) is 12.4 Å². The van der Waals surface area contributed by atoms with Crippen LogP contribution >= 0.6 is 11.6 Å². The summed E-state index contributed by atoms with van der Waals surface area (Å²) in [5.74, 6) is 0.608. The summed E-state index contributed by atoms with van der Waals surface area (Å²) in [6.07, 6.45) is 0.355. The van der Waals surface area contributed by atoms with Gasteiger partial charge in [-0.2, -0.15) is 0 Å². The molecular formula is C20H18ClNO2. The van der Waals surface area contributed by atoms with Gasteiger partial charge in [0.25, 0.3) is 0 Å². The number of carbonyl (C=O) groups excluding carboxylic acids is 1. The van der Waals surface area contributed by atoms with Crippen LogP contribution in [-0.4, -0.2) is 19.1 Å². The Hall–Kier alpha value is -2.52. The van der Waals surface area contributed by atoms with E-state index in [1.807, 2.05) is 54.6 Å². The maximum absolute atomic E-state index is 12.1. The highest BCUT2D eigenvalue weighted by Crippen LogP contribution is 2.22. The number of amides is 1. The molecule has 1 N–H and O–H groups in total. The van der Waals surface area contributed by atoms with Crippen LogP contribution in [0.4, 0.5) is 0 Å². The van der Waals surface area contributed by atoms with Crippen molar-refractivity contribution in [2.24, 2.45) is 0 Å². The summed E-state index contributed by atoms with van der Waals surface area (Å²) >= 11 is 6.02. The molecule has 0 aliphatic carbocycles. The minimum Gasteiger partial charge on any atom is -0.490 e. The van der Waals surface area contributed by atoms with E-state index in [0.717, 1.165) is 16.3 Å². The molecule has 0 spiro atoms. The van der Waals surface area contributed by atoms with Gasteiger partial charge in [-0.05, 0) is 28.5 Å². The molecule has 24 heavy (non-hydrogen) atoms. The third kappa shape index (κ3) is 4.06. The van der Waals surface area contributed by atoms with Crippen LogP contribution in [0.5, 0.6) is 5.75 Å². The molecule has 122 valence electrons. The van der Waals surface area contributed by atoms with Gasteiger partial charge in [-0.3, -0.25) is 4.79 Å². The molecule has 3 aromatic carbocycles. The molecule has 0 aliphatic heterocycles. The summed E-state index contributed by atoms with van der Waals surface area (Å²) in [5.41, 5.74) is 1.03. The number of hydrogen-bond acceptors (Lipinski definition) is 2. The Bertz CT molecular complexity index is 842. The summed E-state index contributed by atoms with van der Waals surface area (Å²) in [5, 5.41) is 5.70. The molecule has 4 heteroatoms. The van der Waals surface area contributed by atoms with Crippen molar-refractivity contribution in [2.45, 2.75) is 6.42 Å². The van der Waals surface area contributed by atoms with Crippen molar-refractivity contribution in [1.82, 2.24) is 5.32 Å². The van der Waals surface area contributed by atoms with E-state index >= 15 is 0 Å². The first kappa shape index (κ1) is 16.3. The lowest BCUT2D eigenvalue weighted by Gasteiger charge is -2.10. The zero-order chi connectivity index (χ0) is 16.8. The normalized spacial score (nSPS) is 10.5. The summed E-state index contributed by atoms with van der Waals surface area (Å²) in [7, 11) is 0. The topological polar surface area (TPSA) is 38.3 Å². The first-order valence-electron chi connectivity index (χ1n) is 7.85. The Kier molecular flexibility index (Phi) is 5.34. The van der Waals surface area contributed by atoms with E-state index in [4.69, 9.17) is 16.3 Å². The summed E-state index contributed by atoms with van der Waals surface area (Å²) in [4.78, 5) is 12.1. The second kappa shape index (κ2) is 7.84. The first-order chi connectivity index (χ1) is 11.7. The molecule has 0 aliphatic rings. The average molecular weight is 340 g/mol. The van der Waals surface area contributed by atoms with Gasteiger partial charge in [0.05, 0.1) is 18.0 Å². The maximum Gasteiger partial charge on any atom is 0.224 e. The van der Waals surface area contributed by atoms with Gasteiger partial charge in [0.2, 0.25) is 5.91 Å². The Morgan fingerprint density at radius 3 is 2.58 bits per heavy atom. The monoisotopic (exact) mass is 339 g/mol. The van der Waals surface area contributed by atoms with Crippen LogP contribution in [0.3, 0.4) is 0 Å². The molecular weight excluding hydrogens is 322 g/mol. The van der Waals surface area contributed by atoms with E-state index in [0.29, 0.717) is 30.3 Å². The SMILES string of the molecule is O=C(Cc1cccc2ccccc12)NCCOc1ccccc1Cl. The van der Waals surface area contributed by atoms with E-state index in [1.165, 1.54) is 0 Å². The largest absolute Gasteiger partial charge is 0.490 e. The lowest BCUT2D eigenvalue weighted by atomic mass is 10.0. The van der Waals surface area contributed by atoms with Gasteiger partial charge in [-0.25, -0.2) is 0 Å². The van der Waals surface area contributed by atoms with Crippen LogP contribution in [0.15, 0.2) is 66.7 Å². The number of ether oxygens (including phenoxy) is 1. The standard InChI is InChI=1S/C20H18ClNO2/c21-18-10-3-4-11-19(18)24-13-12-22-20(23)14-16-8-5-7-15-6-1-2-9-17(15)16/h1-11H,12-14H2,(H,22,23). The quantitative estimate of drug-likeness (QED) is 0.682. The molecule has 0 saturated carbocycles. The fraction of sp³-hybridized carbons (Fsp3) is 0.150. The molecule has 0 atom stereocenters. The second-order valence-electron chi connectivity index (χ2n) is 5.44. The van der Waals surface area contributed by atoms with Gasteiger partial charge in [-0.15, -0.1) is 0 Å². The van der Waals surface area contributed by atoms with Crippen molar-refractivity contribution in [3.05, 3.63) is 77.3 Å². The van der Waals surface area contributed by atoms with Gasteiger partial charge >= 0.3 is 0 Å². The molecule has 0 unspecified atom stereocenters. The second-order valence-corrected chi connectivity index (χ2v) is 5.85. The smallest absolute Gasteiger partial charge is 0.224 e. The summed E-state index contributed by atoms with van der Waals surface area (Å²) < 4.78 is 5.56. The Morgan fingerprint density at radius 1 is 0.958 bits per heavy atom. The Balaban J connectivity index is 1.51. The maximum atomic E-state index is 12.1. The number of fused-ring (bicyclic) bond motifs is 1. The van der Waals surface area contributed by atoms with Gasteiger partial charge in [0.15, 0.2) is 0 Å². The molecule has 0 bridgehead atoms. The van der Waals surface area contributed by atoms with E-state index in [2.05, 4.69) is 5.32 Å². The third-order valence-corrected chi connectivity index (χ3v) is 4.06. The van der Waals surface area contributed by atoms with Crippen molar-refractivity contribution in [1.29, 1.82) is 0 Å². The van der Waals surface area contributed by atoms with Crippen LogP contribution in [-0.2, 0) is 11.2 Å². The van der Waals surface area contributed by atoms with E-state index < -0.39 is 0 Å². The summed E-state index contributed by atoms with van der Waals surface area (Å²) in [6.45, 7) is 0.819. The minimum atomic E-state index is -0.0193. The predicted molar refractivity (Wildman–Crippen MR) is 97.6 cm³/mol. The van der Waals surface area contributed by atoms with Crippen LogP contribution in [0.2, 0.25) is 5.02 Å². The molecule has 0 fully saturated rings. The highest BCUT2D eigenvalue weighted by atomic mass is 35.5. The zero-order valence-corrected chi connectivity index (χ0v) is 13.9. The van der Waals surface area contributed by atoms with E-state index in [-0.39, 0.29) is 5.91 Å². The van der Waals surface area contributed by atoms with Gasteiger partial charge in [0, 0.05) is 0 Å². The molecule has 3 rings (SSSR count). The number of rotatable bonds is 6. The third-order valence-electron chi connectivity index (χ3n) is 3.75. The molecule has 3 nitrogen and oxygen atoms in total. The number of benzene rings is 3. The average Bonchev–Trinajstić information content (AvgIpc) is 2.60. The fourth-order valence-electron chi connectivity index (χ4n) is 2.60. The lowest BCUT2D eigenvalue weighted by Crippen LogP contribution is -2.29. The Labute approximate surface area is 146 Å². The highest BCUT2D eigenvalue weighted by Gasteiger charge is 2.06. The Morgan fingerprint density at radius 2 is 1.71 bits per heavy atom. The molecule has 0 aromatic heterocycles. The predicted octanol–water partition coefficient (Wildman–Crippen LogP) is 4.23. The van der Waals surface area contributed by atoms with Crippen molar-refractivity contribution in [3.63, 3.8) is 0 Å². The van der Waals surface area contributed by atoms with Crippen LogP contribution in [0.25, 0.3) is 10.8 Å². The highest BCUT2D eigenvalue weighted by molar-refractivity contribution is 6.32. The van der Waals surface area contributed by atoms with E-state index in [1.54, 1.807) is 12.1 Å². The molecule has 3 aromatic rings. The number of carbonyl (C=O) groups is 1. The van der Waals surface area contributed by atoms with Crippen LogP contribution < -0.4 is 10.1 Å². The van der Waals surface area contributed by atoms with Crippen molar-refractivity contribution in [3.8, 4) is 5.75 Å². The van der Waals surface area contributed by atoms with Crippen LogP contribution in [0, 0.1) is 0 Å². The van der Waals surface area contributed by atoms with Crippen LogP contribution in [0.1, 0.15) is 5.56 Å². The van der Waals surface area contributed by atoms with Crippen molar-refractivity contribution in [2.75, 3.05) is 13.2 Å². The fourth-order valence-corrected chi connectivity index (χ4v) is 2.79. The number of para-hydroxylation sites is 1. The minimum absolute atomic E-state index is 0.0193. The van der Waals surface area contributed by atoms with Crippen molar-refractivity contribution < 1.29 is 9.53 Å². The number of halogens is 1. The molecule has 0 saturated heterocycles. The lowest BCUT2D eigenvalue weighted by molar-refractivity contribution is -0.120. The van der Waals surface area contributed by atoms with E-state index in [9.17, 15) is 4.79 Å². The summed E-state index contributed by atoms with van der Waals surface area (Å²) in [6, 6.07) is 21.4. The molecule has 0 heterocycles.